The highest BCUT2D eigenvalue weighted by Crippen LogP contribution is 2.26. The molecule has 21 heavy (non-hydrogen) atoms. The molecule has 0 aliphatic carbocycles. The monoisotopic (exact) mass is 351 g/mol. The maximum Gasteiger partial charge on any atom is 0.137 e. The molecule has 0 amide bonds. The van der Waals surface area contributed by atoms with Crippen molar-refractivity contribution >= 4 is 15.9 Å². The van der Waals surface area contributed by atoms with E-state index in [9.17, 15) is 4.39 Å². The fraction of sp³-hybridized carbons (Fsp3) is 0.294. The quantitative estimate of drug-likeness (QED) is 0.861. The lowest BCUT2D eigenvalue weighted by Gasteiger charge is -2.18. The highest BCUT2D eigenvalue weighted by Gasteiger charge is 2.12. The third-order valence-corrected chi connectivity index (χ3v) is 4.20. The van der Waals surface area contributed by atoms with Crippen LogP contribution in [0.25, 0.3) is 0 Å². The normalized spacial score (nSPS) is 12.2. The third kappa shape index (κ3) is 3.83. The number of halogens is 2. The van der Waals surface area contributed by atoms with Crippen molar-refractivity contribution in [1.82, 2.24) is 5.32 Å². The molecule has 0 heterocycles. The number of methoxy groups -OCH3 is 1. The van der Waals surface area contributed by atoms with Gasteiger partial charge in [-0.25, -0.2) is 4.39 Å². The lowest BCUT2D eigenvalue weighted by molar-refractivity contribution is 0.411. The van der Waals surface area contributed by atoms with Gasteiger partial charge in [0, 0.05) is 6.04 Å². The standard InChI is InChI=1S/C17H19BrFNO/c1-11-8-13(5-7-17(11)21-3)16(20-2)10-12-4-6-15(19)14(18)9-12/h4-9,16,20H,10H2,1-3H3. The molecular weight excluding hydrogens is 333 g/mol. The summed E-state index contributed by atoms with van der Waals surface area (Å²) in [5.74, 6) is 0.651. The van der Waals surface area contributed by atoms with Crippen LogP contribution in [0.3, 0.4) is 0 Å². The predicted molar refractivity (Wildman–Crippen MR) is 87.3 cm³/mol. The second kappa shape index (κ2) is 7.05. The maximum atomic E-state index is 13.3. The summed E-state index contributed by atoms with van der Waals surface area (Å²) in [4.78, 5) is 0. The van der Waals surface area contributed by atoms with Gasteiger partial charge in [0.2, 0.25) is 0 Å². The molecule has 1 N–H and O–H groups in total. The second-order valence-corrected chi connectivity index (χ2v) is 5.88. The Hall–Kier alpha value is -1.39. The predicted octanol–water partition coefficient (Wildman–Crippen LogP) is 4.41. The van der Waals surface area contributed by atoms with Crippen LogP contribution >= 0.6 is 15.9 Å². The minimum atomic E-state index is -0.236. The van der Waals surface area contributed by atoms with Gasteiger partial charge in [-0.1, -0.05) is 18.2 Å². The molecular formula is C17H19BrFNO. The minimum absolute atomic E-state index is 0.173. The molecule has 2 nitrogen and oxygen atoms in total. The lowest BCUT2D eigenvalue weighted by atomic mass is 9.97. The smallest absolute Gasteiger partial charge is 0.137 e. The van der Waals surface area contributed by atoms with E-state index in [1.165, 1.54) is 11.6 Å². The van der Waals surface area contributed by atoms with E-state index in [-0.39, 0.29) is 11.9 Å². The van der Waals surface area contributed by atoms with Gasteiger partial charge in [0.15, 0.2) is 0 Å². The molecule has 0 spiro atoms. The van der Waals surface area contributed by atoms with E-state index < -0.39 is 0 Å². The molecule has 0 bridgehead atoms. The molecule has 112 valence electrons. The van der Waals surface area contributed by atoms with Crippen LogP contribution in [0.2, 0.25) is 0 Å². The summed E-state index contributed by atoms with van der Waals surface area (Å²) in [7, 11) is 3.61. The van der Waals surface area contributed by atoms with Crippen LogP contribution in [0.15, 0.2) is 40.9 Å². The third-order valence-electron chi connectivity index (χ3n) is 3.59. The van der Waals surface area contributed by atoms with Gasteiger partial charge in [0.1, 0.15) is 11.6 Å². The van der Waals surface area contributed by atoms with Gasteiger partial charge in [0.05, 0.1) is 11.6 Å². The average molecular weight is 352 g/mol. The van der Waals surface area contributed by atoms with Crippen LogP contribution in [0, 0.1) is 12.7 Å². The molecule has 0 radical (unpaired) electrons. The van der Waals surface area contributed by atoms with Gasteiger partial charge in [-0.05, 0) is 71.2 Å². The molecule has 0 aromatic heterocycles. The van der Waals surface area contributed by atoms with Crippen LogP contribution in [0.1, 0.15) is 22.7 Å². The first-order valence-electron chi connectivity index (χ1n) is 6.81. The Bertz CT molecular complexity index is 630. The van der Waals surface area contributed by atoms with Gasteiger partial charge in [-0.2, -0.15) is 0 Å². The summed E-state index contributed by atoms with van der Waals surface area (Å²) >= 11 is 3.23. The van der Waals surface area contributed by atoms with Gasteiger partial charge >= 0.3 is 0 Å². The molecule has 2 aromatic rings. The van der Waals surface area contributed by atoms with E-state index in [4.69, 9.17) is 4.74 Å². The number of benzene rings is 2. The molecule has 0 aliphatic heterocycles. The van der Waals surface area contributed by atoms with E-state index in [1.807, 2.05) is 32.2 Å². The molecule has 0 saturated carbocycles. The van der Waals surface area contributed by atoms with Crippen molar-refractivity contribution in [3.8, 4) is 5.75 Å². The van der Waals surface area contributed by atoms with Crippen molar-refractivity contribution in [2.45, 2.75) is 19.4 Å². The number of hydrogen-bond donors (Lipinski definition) is 1. The Morgan fingerprint density at radius 1 is 1.24 bits per heavy atom. The highest BCUT2D eigenvalue weighted by molar-refractivity contribution is 9.10. The Labute approximate surface area is 133 Å². The second-order valence-electron chi connectivity index (χ2n) is 5.02. The summed E-state index contributed by atoms with van der Waals surface area (Å²) in [6, 6.07) is 11.5. The van der Waals surface area contributed by atoms with Gasteiger partial charge < -0.3 is 10.1 Å². The molecule has 0 aliphatic rings. The van der Waals surface area contributed by atoms with Crippen LogP contribution < -0.4 is 10.1 Å². The summed E-state index contributed by atoms with van der Waals surface area (Å²) in [6.45, 7) is 2.03. The van der Waals surface area contributed by atoms with Crippen molar-refractivity contribution in [3.05, 3.63) is 63.4 Å². The lowest BCUT2D eigenvalue weighted by Crippen LogP contribution is -2.19. The summed E-state index contributed by atoms with van der Waals surface area (Å²) in [5.41, 5.74) is 3.38. The zero-order valence-corrected chi connectivity index (χ0v) is 14.0. The topological polar surface area (TPSA) is 21.3 Å². The van der Waals surface area contributed by atoms with E-state index in [0.717, 1.165) is 23.3 Å². The number of rotatable bonds is 5. The van der Waals surface area contributed by atoms with Gasteiger partial charge in [-0.3, -0.25) is 0 Å². The molecule has 0 fully saturated rings. The average Bonchev–Trinajstić information content (AvgIpc) is 2.48. The fourth-order valence-electron chi connectivity index (χ4n) is 2.41. The van der Waals surface area contributed by atoms with Gasteiger partial charge in [-0.15, -0.1) is 0 Å². The van der Waals surface area contributed by atoms with Crippen molar-refractivity contribution in [2.75, 3.05) is 14.2 Å². The van der Waals surface area contributed by atoms with Crippen molar-refractivity contribution < 1.29 is 9.13 Å². The first kappa shape index (κ1) is 16.0. The maximum absolute atomic E-state index is 13.3. The van der Waals surface area contributed by atoms with Crippen molar-refractivity contribution in [3.63, 3.8) is 0 Å². The van der Waals surface area contributed by atoms with Crippen molar-refractivity contribution in [1.29, 1.82) is 0 Å². The van der Waals surface area contributed by atoms with Gasteiger partial charge in [0.25, 0.3) is 0 Å². The zero-order chi connectivity index (χ0) is 15.4. The minimum Gasteiger partial charge on any atom is -0.496 e. The van der Waals surface area contributed by atoms with E-state index in [2.05, 4.69) is 33.4 Å². The van der Waals surface area contributed by atoms with Crippen LogP contribution in [-0.2, 0) is 6.42 Å². The largest absolute Gasteiger partial charge is 0.496 e. The fourth-order valence-corrected chi connectivity index (χ4v) is 2.83. The summed E-state index contributed by atoms with van der Waals surface area (Å²) < 4.78 is 19.1. The Kier molecular flexibility index (Phi) is 5.37. The van der Waals surface area contributed by atoms with E-state index >= 15 is 0 Å². The number of aryl methyl sites for hydroxylation is 1. The highest BCUT2D eigenvalue weighted by atomic mass is 79.9. The molecule has 2 rings (SSSR count). The first-order chi connectivity index (χ1) is 10.0. The Balaban J connectivity index is 2.23. The first-order valence-corrected chi connectivity index (χ1v) is 7.60. The number of likely N-dealkylation sites (N-methyl/N-ethyl adjacent to an activating group) is 1. The number of nitrogens with one attached hydrogen (secondary N) is 1. The number of ether oxygens (including phenoxy) is 1. The molecule has 0 saturated heterocycles. The van der Waals surface area contributed by atoms with Crippen molar-refractivity contribution in [2.24, 2.45) is 0 Å². The molecule has 1 unspecified atom stereocenters. The SMILES string of the molecule is CNC(Cc1ccc(F)c(Br)c1)c1ccc(OC)c(C)c1. The van der Waals surface area contributed by atoms with Crippen LogP contribution in [0.5, 0.6) is 5.75 Å². The van der Waals surface area contributed by atoms with Crippen LogP contribution in [-0.4, -0.2) is 14.2 Å². The summed E-state index contributed by atoms with van der Waals surface area (Å²) in [6.07, 6.45) is 0.793. The van der Waals surface area contributed by atoms with E-state index in [0.29, 0.717) is 4.47 Å². The molecule has 2 aromatic carbocycles. The summed E-state index contributed by atoms with van der Waals surface area (Å²) in [5, 5.41) is 3.32. The van der Waals surface area contributed by atoms with Crippen LogP contribution in [0.4, 0.5) is 4.39 Å². The zero-order valence-electron chi connectivity index (χ0n) is 12.4. The molecule has 4 heteroatoms. The molecule has 1 atom stereocenters. The Morgan fingerprint density at radius 3 is 2.57 bits per heavy atom. The number of hydrogen-bond acceptors (Lipinski definition) is 2. The Morgan fingerprint density at radius 2 is 2.00 bits per heavy atom. The van der Waals surface area contributed by atoms with E-state index in [1.54, 1.807) is 7.11 Å².